The van der Waals surface area contributed by atoms with Crippen molar-refractivity contribution >= 4 is 73.2 Å². The maximum Gasteiger partial charge on any atom is 0.309 e. The Bertz CT molecular complexity index is 2510. The summed E-state index contributed by atoms with van der Waals surface area (Å²) in [5.41, 5.74) is 6.07. The molecule has 0 amide bonds. The summed E-state index contributed by atoms with van der Waals surface area (Å²) in [4.78, 5) is 0. The normalized spacial score (nSPS) is 11.9. The average Bonchev–Trinajstić information content (AvgIpc) is 3.29. The summed E-state index contributed by atoms with van der Waals surface area (Å²) in [7, 11) is 2.57. The van der Waals surface area contributed by atoms with E-state index in [1.807, 2.05) is 14.1 Å². The fourth-order valence-corrected chi connectivity index (χ4v) is 7.88. The van der Waals surface area contributed by atoms with E-state index in [1.54, 1.807) is 0 Å². The molecule has 4 heteroatoms. The highest BCUT2D eigenvalue weighted by Crippen LogP contribution is 2.47. The van der Waals surface area contributed by atoms with E-state index >= 15 is 0 Å². The number of fused-ring (bicyclic) bond motifs is 9. The van der Waals surface area contributed by atoms with Crippen LogP contribution in [-0.4, -0.2) is 14.1 Å². The Morgan fingerprint density at radius 2 is 0.804 bits per heavy atom. The van der Waals surface area contributed by atoms with E-state index in [9.17, 15) is 0 Å². The van der Waals surface area contributed by atoms with Gasteiger partial charge in [0, 0.05) is 36.0 Å². The number of hydrogen-bond acceptors (Lipinski definition) is 3. The van der Waals surface area contributed by atoms with Crippen molar-refractivity contribution in [3.8, 4) is 22.3 Å². The fraction of sp³-hybridized carbons (Fsp3) is 0.0476. The van der Waals surface area contributed by atoms with Crippen molar-refractivity contribution in [1.82, 2.24) is 0 Å². The standard InChI is InChI=1S/C42H30NO2P/c1-43(2)46-44-41-37(33-21-19-27-11-3-5-13-29(27)23-33)25-31-15-7-9-17-35(31)39(41)40-36-18-10-8-16-32(36)26-38(42(40)45-46)34-22-20-28-12-4-6-14-30(28)24-34/h3-26H,1-2H3. The third kappa shape index (κ3) is 4.32. The van der Waals surface area contributed by atoms with Gasteiger partial charge in [0.1, 0.15) is 0 Å². The van der Waals surface area contributed by atoms with E-state index in [0.717, 1.165) is 65.7 Å². The van der Waals surface area contributed by atoms with Crippen molar-refractivity contribution in [2.45, 2.75) is 0 Å². The van der Waals surface area contributed by atoms with E-state index in [4.69, 9.17) is 8.39 Å². The molecule has 9 aromatic rings. The molecule has 0 aliphatic carbocycles. The summed E-state index contributed by atoms with van der Waals surface area (Å²) in [6.45, 7) is 0. The molecule has 0 saturated heterocycles. The van der Waals surface area contributed by atoms with Crippen LogP contribution in [0.3, 0.4) is 0 Å². The summed E-state index contributed by atoms with van der Waals surface area (Å²) in [6, 6.07) is 52.3. The van der Waals surface area contributed by atoms with E-state index < -0.39 is 8.16 Å². The van der Waals surface area contributed by atoms with Gasteiger partial charge in [0.05, 0.1) is 0 Å². The van der Waals surface area contributed by atoms with Crippen LogP contribution in [0.15, 0.2) is 154 Å². The van der Waals surface area contributed by atoms with Crippen LogP contribution in [0.25, 0.3) is 87.3 Å². The fourth-order valence-electron chi connectivity index (χ4n) is 6.82. The lowest BCUT2D eigenvalue weighted by Crippen LogP contribution is -2.02. The zero-order valence-electron chi connectivity index (χ0n) is 25.6. The molecule has 0 spiro atoms. The van der Waals surface area contributed by atoms with Crippen LogP contribution in [0.2, 0.25) is 0 Å². The Balaban J connectivity index is 1.53. The van der Waals surface area contributed by atoms with Gasteiger partial charge in [-0.05, 0) is 78.5 Å². The Kier molecular flexibility index (Phi) is 6.24. The van der Waals surface area contributed by atoms with Crippen LogP contribution in [-0.2, 0) is 0 Å². The Hall–Kier alpha value is -5.34. The quantitative estimate of drug-likeness (QED) is 0.199. The van der Waals surface area contributed by atoms with Gasteiger partial charge < -0.3 is 8.39 Å². The van der Waals surface area contributed by atoms with Gasteiger partial charge in [-0.25, -0.2) is 4.67 Å². The van der Waals surface area contributed by atoms with Gasteiger partial charge in [-0.1, -0.05) is 121 Å². The number of hydrogen-bond donors (Lipinski definition) is 0. The molecule has 9 rings (SSSR count). The van der Waals surface area contributed by atoms with E-state index in [-0.39, 0.29) is 0 Å². The molecule has 0 N–H and O–H groups in total. The van der Waals surface area contributed by atoms with Gasteiger partial charge in [0.25, 0.3) is 0 Å². The van der Waals surface area contributed by atoms with Crippen LogP contribution in [0.5, 0.6) is 0 Å². The van der Waals surface area contributed by atoms with Crippen LogP contribution in [0.1, 0.15) is 0 Å². The molecular weight excluding hydrogens is 581 g/mol. The first-order chi connectivity index (χ1) is 22.6. The van der Waals surface area contributed by atoms with Crippen molar-refractivity contribution in [1.29, 1.82) is 0 Å². The maximum atomic E-state index is 7.09. The maximum absolute atomic E-state index is 7.09. The molecular formula is C42H30NO2P. The molecule has 0 unspecified atom stereocenters. The molecule has 0 radical (unpaired) electrons. The smallest absolute Gasteiger partial charge is 0.309 e. The minimum Gasteiger partial charge on any atom is -0.407 e. The molecule has 0 fully saturated rings. The summed E-state index contributed by atoms with van der Waals surface area (Å²) in [5.74, 6) is 0. The molecule has 0 aliphatic rings. The number of nitrogens with zero attached hydrogens (tertiary/aromatic N) is 1. The molecule has 1 heterocycles. The molecule has 1 aromatic heterocycles. The summed E-state index contributed by atoms with van der Waals surface area (Å²) < 4.78 is 16.2. The Morgan fingerprint density at radius 3 is 1.24 bits per heavy atom. The van der Waals surface area contributed by atoms with Crippen molar-refractivity contribution in [2.75, 3.05) is 18.8 Å². The van der Waals surface area contributed by atoms with Gasteiger partial charge in [0.2, 0.25) is 0 Å². The van der Waals surface area contributed by atoms with E-state index in [2.05, 4.69) is 150 Å². The van der Waals surface area contributed by atoms with Crippen LogP contribution in [0, 0.1) is 0 Å². The van der Waals surface area contributed by atoms with Gasteiger partial charge in [-0.2, -0.15) is 0 Å². The van der Waals surface area contributed by atoms with Gasteiger partial charge in [-0.3, -0.25) is 0 Å². The lowest BCUT2D eigenvalue weighted by atomic mass is 9.91. The monoisotopic (exact) mass is 611 g/mol. The molecule has 3 nitrogen and oxygen atoms in total. The Morgan fingerprint density at radius 1 is 0.413 bits per heavy atom. The third-order valence-electron chi connectivity index (χ3n) is 9.04. The molecule has 0 atom stereocenters. The first kappa shape index (κ1) is 27.0. The third-order valence-corrected chi connectivity index (χ3v) is 10.4. The van der Waals surface area contributed by atoms with Crippen molar-refractivity contribution in [3.05, 3.63) is 146 Å². The first-order valence-corrected chi connectivity index (χ1v) is 16.7. The molecule has 0 aliphatic heterocycles. The molecule has 8 aromatic carbocycles. The minimum absolute atomic E-state index is 0.855. The topological polar surface area (TPSA) is 29.5 Å². The second-order valence-electron chi connectivity index (χ2n) is 12.1. The summed E-state index contributed by atoms with van der Waals surface area (Å²) >= 11 is 0. The Labute approximate surface area is 267 Å². The van der Waals surface area contributed by atoms with Crippen LogP contribution >= 0.6 is 8.16 Å². The minimum atomic E-state index is -1.49. The largest absolute Gasteiger partial charge is 0.407 e. The van der Waals surface area contributed by atoms with E-state index in [1.165, 1.54) is 21.5 Å². The molecule has 0 saturated carbocycles. The molecule has 0 bridgehead atoms. The molecule has 46 heavy (non-hydrogen) atoms. The highest BCUT2D eigenvalue weighted by Gasteiger charge is 2.21. The van der Waals surface area contributed by atoms with E-state index in [0.29, 0.717) is 0 Å². The van der Waals surface area contributed by atoms with Crippen LogP contribution < -0.4 is 4.67 Å². The number of rotatable bonds is 3. The van der Waals surface area contributed by atoms with Crippen molar-refractivity contribution in [3.63, 3.8) is 0 Å². The zero-order valence-corrected chi connectivity index (χ0v) is 26.5. The summed E-state index contributed by atoms with van der Waals surface area (Å²) in [6.07, 6.45) is 0. The first-order valence-electron chi connectivity index (χ1n) is 15.6. The second kappa shape index (κ2) is 10.6. The highest BCUT2D eigenvalue weighted by atomic mass is 31.1. The van der Waals surface area contributed by atoms with Gasteiger partial charge in [0.15, 0.2) is 11.2 Å². The van der Waals surface area contributed by atoms with Gasteiger partial charge >= 0.3 is 8.16 Å². The number of benzene rings is 8. The summed E-state index contributed by atoms with van der Waals surface area (Å²) in [5, 5.41) is 11.6. The lowest BCUT2D eigenvalue weighted by molar-refractivity contribution is 0.636. The zero-order chi connectivity index (χ0) is 30.8. The molecule has 220 valence electrons. The van der Waals surface area contributed by atoms with Gasteiger partial charge in [-0.15, -0.1) is 0 Å². The average molecular weight is 612 g/mol. The van der Waals surface area contributed by atoms with Crippen LogP contribution in [0.4, 0.5) is 0 Å². The highest BCUT2D eigenvalue weighted by molar-refractivity contribution is 7.38. The van der Waals surface area contributed by atoms with Crippen molar-refractivity contribution in [2.24, 2.45) is 0 Å². The predicted octanol–water partition coefficient (Wildman–Crippen LogP) is 12.4. The predicted molar refractivity (Wildman–Crippen MR) is 197 cm³/mol. The lowest BCUT2D eigenvalue weighted by Gasteiger charge is -2.13. The van der Waals surface area contributed by atoms with Crippen molar-refractivity contribution < 1.29 is 8.39 Å². The second-order valence-corrected chi connectivity index (χ2v) is 13.7. The SMILES string of the molecule is CN(C)p1oc2c(-c3ccc4ccccc4c3)cc3ccccc3c2c2c(o1)c(-c1ccc3ccccc3c1)cc1ccccc12.